The molecule has 0 aliphatic carbocycles. The van der Waals surface area contributed by atoms with Gasteiger partial charge in [0.1, 0.15) is 22.6 Å². The van der Waals surface area contributed by atoms with Crippen LogP contribution in [0.25, 0.3) is 11.0 Å². The van der Waals surface area contributed by atoms with Crippen molar-refractivity contribution in [1.82, 2.24) is 0 Å². The molecule has 1 N–H and O–H groups in total. The number of carbonyl (C=O) groups is 1. The Morgan fingerprint density at radius 3 is 2.60 bits per heavy atom. The summed E-state index contributed by atoms with van der Waals surface area (Å²) in [4.78, 5) is 24.6. The zero-order valence-corrected chi connectivity index (χ0v) is 14.2. The highest BCUT2D eigenvalue weighted by Crippen LogP contribution is 2.29. The van der Waals surface area contributed by atoms with Crippen molar-refractivity contribution < 1.29 is 18.7 Å². The van der Waals surface area contributed by atoms with Crippen molar-refractivity contribution in [2.75, 3.05) is 19.5 Å². The average Bonchev–Trinajstić information content (AvgIpc) is 2.61. The number of methoxy groups -OCH3 is 2. The van der Waals surface area contributed by atoms with Gasteiger partial charge < -0.3 is 19.2 Å². The van der Waals surface area contributed by atoms with E-state index in [1.807, 2.05) is 0 Å². The summed E-state index contributed by atoms with van der Waals surface area (Å²) in [5.74, 6) is 0.345. The Labute approximate surface area is 147 Å². The number of hydrogen-bond acceptors (Lipinski definition) is 5. The number of amides is 1. The van der Waals surface area contributed by atoms with Gasteiger partial charge in [-0.2, -0.15) is 0 Å². The van der Waals surface area contributed by atoms with Gasteiger partial charge in [0.05, 0.1) is 19.9 Å². The van der Waals surface area contributed by atoms with E-state index in [9.17, 15) is 9.59 Å². The predicted molar refractivity (Wildman–Crippen MR) is 95.0 cm³/mol. The molecule has 1 heterocycles. The lowest BCUT2D eigenvalue weighted by Gasteiger charge is -2.11. The van der Waals surface area contributed by atoms with Crippen LogP contribution >= 0.6 is 11.6 Å². The Morgan fingerprint density at radius 2 is 1.88 bits per heavy atom. The summed E-state index contributed by atoms with van der Waals surface area (Å²) < 4.78 is 15.5. The van der Waals surface area contributed by atoms with Gasteiger partial charge in [-0.1, -0.05) is 11.6 Å². The molecule has 7 heteroatoms. The fraction of sp³-hybridized carbons (Fsp3) is 0.111. The monoisotopic (exact) mass is 359 g/mol. The van der Waals surface area contributed by atoms with Gasteiger partial charge in [-0.25, -0.2) is 4.79 Å². The fourth-order valence-corrected chi connectivity index (χ4v) is 2.53. The molecule has 0 aliphatic rings. The number of anilines is 1. The van der Waals surface area contributed by atoms with Crippen molar-refractivity contribution in [3.8, 4) is 11.5 Å². The molecule has 1 aromatic heterocycles. The van der Waals surface area contributed by atoms with Crippen LogP contribution < -0.4 is 20.4 Å². The number of carbonyl (C=O) groups excluding carboxylic acids is 1. The van der Waals surface area contributed by atoms with Gasteiger partial charge in [0.25, 0.3) is 5.91 Å². The first-order valence-electron chi connectivity index (χ1n) is 7.28. The molecule has 3 rings (SSSR count). The van der Waals surface area contributed by atoms with E-state index in [2.05, 4.69) is 5.32 Å². The smallest absolute Gasteiger partial charge is 0.349 e. The Balaban J connectivity index is 2.00. The van der Waals surface area contributed by atoms with Crippen LogP contribution in [-0.4, -0.2) is 20.1 Å². The summed E-state index contributed by atoms with van der Waals surface area (Å²) in [5, 5.41) is 3.66. The Morgan fingerprint density at radius 1 is 1.08 bits per heavy atom. The maximum atomic E-state index is 12.5. The van der Waals surface area contributed by atoms with E-state index < -0.39 is 11.5 Å². The molecular formula is C18H14ClNO5. The van der Waals surface area contributed by atoms with Gasteiger partial charge in [0, 0.05) is 16.5 Å². The quantitative estimate of drug-likeness (QED) is 0.718. The normalized spacial score (nSPS) is 10.5. The molecule has 0 unspecified atom stereocenters. The van der Waals surface area contributed by atoms with Crippen molar-refractivity contribution in [2.24, 2.45) is 0 Å². The molecule has 25 heavy (non-hydrogen) atoms. The molecule has 0 fully saturated rings. The Hall–Kier alpha value is -2.99. The highest BCUT2D eigenvalue weighted by molar-refractivity contribution is 6.31. The molecule has 0 atom stereocenters. The van der Waals surface area contributed by atoms with Gasteiger partial charge in [-0.05, 0) is 36.4 Å². The maximum Gasteiger partial charge on any atom is 0.349 e. The number of hydrogen-bond donors (Lipinski definition) is 1. The van der Waals surface area contributed by atoms with E-state index in [0.29, 0.717) is 33.2 Å². The zero-order chi connectivity index (χ0) is 18.0. The van der Waals surface area contributed by atoms with Crippen LogP contribution in [0.5, 0.6) is 11.5 Å². The average molecular weight is 360 g/mol. The molecule has 1 amide bonds. The molecule has 0 saturated heterocycles. The van der Waals surface area contributed by atoms with E-state index in [0.717, 1.165) is 0 Å². The predicted octanol–water partition coefficient (Wildman–Crippen LogP) is 3.72. The van der Waals surface area contributed by atoms with Gasteiger partial charge in [0.2, 0.25) is 0 Å². The molecule has 6 nitrogen and oxygen atoms in total. The maximum absolute atomic E-state index is 12.5. The second kappa shape index (κ2) is 6.86. The molecule has 0 aliphatic heterocycles. The molecule has 0 radical (unpaired) electrons. The van der Waals surface area contributed by atoms with Gasteiger partial charge >= 0.3 is 5.63 Å². The molecular weight excluding hydrogens is 346 g/mol. The standard InChI is InChI=1S/C18H14ClNO5/c1-23-12-4-6-16(24-2)14(9-12)20-17(21)13-8-10-7-11(19)3-5-15(10)25-18(13)22/h3-9H,1-2H3,(H,20,21). The summed E-state index contributed by atoms with van der Waals surface area (Å²) in [5.41, 5.74) is -0.156. The van der Waals surface area contributed by atoms with Crippen LogP contribution in [0.2, 0.25) is 5.02 Å². The molecule has 128 valence electrons. The number of benzene rings is 2. The molecule has 3 aromatic rings. The number of nitrogens with one attached hydrogen (secondary N) is 1. The van der Waals surface area contributed by atoms with Crippen LogP contribution in [0.3, 0.4) is 0 Å². The minimum absolute atomic E-state index is 0.139. The van der Waals surface area contributed by atoms with Crippen LogP contribution in [0.15, 0.2) is 51.7 Å². The number of halogens is 1. The van der Waals surface area contributed by atoms with E-state index in [1.54, 1.807) is 36.4 Å². The van der Waals surface area contributed by atoms with Crippen molar-refractivity contribution in [3.05, 3.63) is 63.5 Å². The summed E-state index contributed by atoms with van der Waals surface area (Å²) in [6.45, 7) is 0. The molecule has 0 spiro atoms. The van der Waals surface area contributed by atoms with Crippen LogP contribution in [0, 0.1) is 0 Å². The topological polar surface area (TPSA) is 77.8 Å². The van der Waals surface area contributed by atoms with Crippen LogP contribution in [0.1, 0.15) is 10.4 Å². The highest BCUT2D eigenvalue weighted by atomic mass is 35.5. The summed E-state index contributed by atoms with van der Waals surface area (Å²) in [6, 6.07) is 11.2. The first-order valence-corrected chi connectivity index (χ1v) is 7.66. The first-order chi connectivity index (χ1) is 12.0. The lowest BCUT2D eigenvalue weighted by molar-refractivity contribution is 0.102. The van der Waals surface area contributed by atoms with Crippen molar-refractivity contribution in [2.45, 2.75) is 0 Å². The number of fused-ring (bicyclic) bond motifs is 1. The number of ether oxygens (including phenoxy) is 2. The lowest BCUT2D eigenvalue weighted by atomic mass is 10.1. The van der Waals surface area contributed by atoms with E-state index in [4.69, 9.17) is 25.5 Å². The molecule has 2 aromatic carbocycles. The second-order valence-corrected chi connectivity index (χ2v) is 5.59. The third-order valence-electron chi connectivity index (χ3n) is 3.59. The number of rotatable bonds is 4. The third-order valence-corrected chi connectivity index (χ3v) is 3.83. The zero-order valence-electron chi connectivity index (χ0n) is 13.5. The minimum atomic E-state index is -0.741. The largest absolute Gasteiger partial charge is 0.497 e. The van der Waals surface area contributed by atoms with Crippen molar-refractivity contribution in [3.63, 3.8) is 0 Å². The first kappa shape index (κ1) is 16.9. The van der Waals surface area contributed by atoms with Crippen molar-refractivity contribution >= 4 is 34.2 Å². The fourth-order valence-electron chi connectivity index (χ4n) is 2.35. The minimum Gasteiger partial charge on any atom is -0.497 e. The Bertz CT molecular complexity index is 1010. The SMILES string of the molecule is COc1ccc(OC)c(NC(=O)c2cc3cc(Cl)ccc3oc2=O)c1. The van der Waals surface area contributed by atoms with E-state index in [1.165, 1.54) is 20.3 Å². The molecule has 0 bridgehead atoms. The van der Waals surface area contributed by atoms with Crippen LogP contribution in [0.4, 0.5) is 5.69 Å². The van der Waals surface area contributed by atoms with Gasteiger partial charge in [0.15, 0.2) is 0 Å². The highest BCUT2D eigenvalue weighted by Gasteiger charge is 2.16. The van der Waals surface area contributed by atoms with Crippen LogP contribution in [-0.2, 0) is 0 Å². The second-order valence-electron chi connectivity index (χ2n) is 5.15. The Kier molecular flexibility index (Phi) is 4.63. The lowest BCUT2D eigenvalue weighted by Crippen LogP contribution is -2.21. The molecule has 0 saturated carbocycles. The van der Waals surface area contributed by atoms with Crippen molar-refractivity contribution in [1.29, 1.82) is 0 Å². The summed E-state index contributed by atoms with van der Waals surface area (Å²) >= 11 is 5.94. The van der Waals surface area contributed by atoms with E-state index >= 15 is 0 Å². The van der Waals surface area contributed by atoms with Gasteiger partial charge in [-0.3, -0.25) is 4.79 Å². The third kappa shape index (κ3) is 3.44. The summed E-state index contributed by atoms with van der Waals surface area (Å²) in [7, 11) is 2.99. The van der Waals surface area contributed by atoms with Gasteiger partial charge in [-0.15, -0.1) is 0 Å². The summed E-state index contributed by atoms with van der Waals surface area (Å²) in [6.07, 6.45) is 0. The van der Waals surface area contributed by atoms with E-state index in [-0.39, 0.29) is 5.56 Å².